The van der Waals surface area contributed by atoms with Crippen LogP contribution in [-0.2, 0) is 4.79 Å². The maximum Gasteiger partial charge on any atom is 0.237 e. The van der Waals surface area contributed by atoms with Crippen molar-refractivity contribution in [2.24, 2.45) is 11.1 Å². The van der Waals surface area contributed by atoms with Crippen LogP contribution in [0.3, 0.4) is 0 Å². The number of nitrogens with one attached hydrogen (secondary N) is 1. The van der Waals surface area contributed by atoms with Gasteiger partial charge >= 0.3 is 0 Å². The number of amides is 1. The molecule has 98 valence electrons. The van der Waals surface area contributed by atoms with E-state index < -0.39 is 5.54 Å². The molecule has 1 unspecified atom stereocenters. The molecule has 1 amide bonds. The first-order chi connectivity index (χ1) is 7.94. The van der Waals surface area contributed by atoms with Gasteiger partial charge < -0.3 is 11.1 Å². The van der Waals surface area contributed by atoms with Gasteiger partial charge in [-0.05, 0) is 51.4 Å². The lowest BCUT2D eigenvalue weighted by molar-refractivity contribution is -0.123. The van der Waals surface area contributed by atoms with Crippen molar-refractivity contribution in [2.75, 3.05) is 0 Å². The number of primary amides is 1. The van der Waals surface area contributed by atoms with Gasteiger partial charge in [-0.25, -0.2) is 0 Å². The lowest BCUT2D eigenvalue weighted by atomic mass is 9.73. The van der Waals surface area contributed by atoms with Crippen LogP contribution in [0, 0.1) is 5.41 Å². The van der Waals surface area contributed by atoms with Crippen LogP contribution in [0.5, 0.6) is 0 Å². The van der Waals surface area contributed by atoms with E-state index in [0.29, 0.717) is 11.5 Å². The van der Waals surface area contributed by atoms with Crippen molar-refractivity contribution in [1.29, 1.82) is 0 Å². The highest BCUT2D eigenvalue weighted by molar-refractivity contribution is 5.83. The zero-order valence-electron chi connectivity index (χ0n) is 11.2. The lowest BCUT2D eigenvalue weighted by Gasteiger charge is -2.34. The Kier molecular flexibility index (Phi) is 3.48. The molecular formula is C14H26N2O. The molecule has 2 rings (SSSR count). The predicted octanol–water partition coefficient (Wildman–Crippen LogP) is 2.34. The second-order valence-electron chi connectivity index (χ2n) is 6.63. The van der Waals surface area contributed by atoms with Gasteiger partial charge in [0.15, 0.2) is 0 Å². The minimum atomic E-state index is -0.565. The first-order valence-corrected chi connectivity index (χ1v) is 7.01. The maximum absolute atomic E-state index is 11.3. The highest BCUT2D eigenvalue weighted by Crippen LogP contribution is 2.49. The Labute approximate surface area is 105 Å². The van der Waals surface area contributed by atoms with Crippen LogP contribution in [0.15, 0.2) is 0 Å². The van der Waals surface area contributed by atoms with E-state index in [1.165, 1.54) is 51.4 Å². The molecule has 1 atom stereocenters. The Balaban J connectivity index is 1.91. The van der Waals surface area contributed by atoms with Gasteiger partial charge in [-0.1, -0.05) is 19.3 Å². The van der Waals surface area contributed by atoms with E-state index in [0.717, 1.165) is 0 Å². The van der Waals surface area contributed by atoms with E-state index in [4.69, 9.17) is 5.73 Å². The maximum atomic E-state index is 11.3. The van der Waals surface area contributed by atoms with E-state index in [1.807, 2.05) is 13.8 Å². The Bertz CT molecular complexity index is 293. The second-order valence-corrected chi connectivity index (χ2v) is 6.63. The number of rotatable bonds is 3. The largest absolute Gasteiger partial charge is 0.368 e. The van der Waals surface area contributed by atoms with Crippen molar-refractivity contribution >= 4 is 5.91 Å². The summed E-state index contributed by atoms with van der Waals surface area (Å²) in [5, 5.41) is 3.45. The summed E-state index contributed by atoms with van der Waals surface area (Å²) in [5.41, 5.74) is 5.44. The normalized spacial score (nSPS) is 28.5. The number of hydrogen-bond acceptors (Lipinski definition) is 2. The second kappa shape index (κ2) is 4.60. The third kappa shape index (κ3) is 2.82. The number of hydrogen-bond donors (Lipinski definition) is 2. The summed E-state index contributed by atoms with van der Waals surface area (Å²) in [5.74, 6) is -0.248. The summed E-state index contributed by atoms with van der Waals surface area (Å²) in [7, 11) is 0. The molecule has 0 saturated heterocycles. The average Bonchev–Trinajstić information content (AvgIpc) is 2.61. The van der Waals surface area contributed by atoms with Crippen molar-refractivity contribution in [2.45, 2.75) is 76.8 Å². The molecule has 0 aliphatic heterocycles. The van der Waals surface area contributed by atoms with Crippen molar-refractivity contribution < 1.29 is 4.79 Å². The molecule has 2 aliphatic rings. The molecule has 0 aromatic heterocycles. The van der Waals surface area contributed by atoms with E-state index >= 15 is 0 Å². The summed E-state index contributed by atoms with van der Waals surface area (Å²) in [4.78, 5) is 11.3. The minimum Gasteiger partial charge on any atom is -0.368 e. The van der Waals surface area contributed by atoms with Crippen LogP contribution in [-0.4, -0.2) is 17.5 Å². The average molecular weight is 238 g/mol. The fourth-order valence-electron chi connectivity index (χ4n) is 3.67. The number of carbonyl (C=O) groups is 1. The topological polar surface area (TPSA) is 55.1 Å². The van der Waals surface area contributed by atoms with Crippen molar-refractivity contribution in [3.63, 3.8) is 0 Å². The highest BCUT2D eigenvalue weighted by Gasteiger charge is 2.41. The van der Waals surface area contributed by atoms with E-state index in [1.54, 1.807) is 0 Å². The summed E-state index contributed by atoms with van der Waals surface area (Å²) in [6.45, 7) is 3.78. The quantitative estimate of drug-likeness (QED) is 0.793. The Morgan fingerprint density at radius 1 is 1.24 bits per heavy atom. The van der Waals surface area contributed by atoms with Crippen LogP contribution in [0.1, 0.15) is 65.2 Å². The first-order valence-electron chi connectivity index (χ1n) is 7.01. The van der Waals surface area contributed by atoms with E-state index in [-0.39, 0.29) is 5.91 Å². The van der Waals surface area contributed by atoms with Gasteiger partial charge in [0.25, 0.3) is 0 Å². The molecule has 2 fully saturated rings. The molecule has 3 heteroatoms. The third-order valence-electron chi connectivity index (χ3n) is 4.80. The van der Waals surface area contributed by atoms with Crippen molar-refractivity contribution in [3.05, 3.63) is 0 Å². The molecule has 1 spiro atoms. The third-order valence-corrected chi connectivity index (χ3v) is 4.80. The summed E-state index contributed by atoms with van der Waals surface area (Å²) in [6.07, 6.45) is 10.8. The molecule has 0 aromatic carbocycles. The molecule has 0 aromatic rings. The van der Waals surface area contributed by atoms with Gasteiger partial charge in [0.2, 0.25) is 5.91 Å². The highest BCUT2D eigenvalue weighted by atomic mass is 16.1. The molecule has 0 bridgehead atoms. The van der Waals surface area contributed by atoms with E-state index in [9.17, 15) is 4.79 Å². The summed E-state index contributed by atoms with van der Waals surface area (Å²) in [6, 6.07) is 0.482. The number of carbonyl (C=O) groups excluding carboxylic acids is 1. The fourth-order valence-corrected chi connectivity index (χ4v) is 3.67. The van der Waals surface area contributed by atoms with Gasteiger partial charge in [-0.15, -0.1) is 0 Å². The van der Waals surface area contributed by atoms with Gasteiger partial charge in [0.1, 0.15) is 0 Å². The molecule has 0 heterocycles. The molecule has 2 saturated carbocycles. The Hall–Kier alpha value is -0.570. The smallest absolute Gasteiger partial charge is 0.237 e. The van der Waals surface area contributed by atoms with Crippen LogP contribution in [0.2, 0.25) is 0 Å². The monoisotopic (exact) mass is 238 g/mol. The van der Waals surface area contributed by atoms with Gasteiger partial charge in [-0.3, -0.25) is 4.79 Å². The molecule has 3 nitrogen and oxygen atoms in total. The zero-order chi connectivity index (χ0) is 12.5. The lowest BCUT2D eigenvalue weighted by Crippen LogP contribution is -2.54. The SMILES string of the molecule is CC(C)(NC1CCC2(CCCCC2)C1)C(N)=O. The Morgan fingerprint density at radius 3 is 2.47 bits per heavy atom. The molecule has 17 heavy (non-hydrogen) atoms. The zero-order valence-corrected chi connectivity index (χ0v) is 11.2. The summed E-state index contributed by atoms with van der Waals surface area (Å²) >= 11 is 0. The first kappa shape index (κ1) is 12.9. The predicted molar refractivity (Wildman–Crippen MR) is 69.6 cm³/mol. The minimum absolute atomic E-state index is 0.248. The Morgan fingerprint density at radius 2 is 1.88 bits per heavy atom. The van der Waals surface area contributed by atoms with Crippen LogP contribution in [0.4, 0.5) is 0 Å². The van der Waals surface area contributed by atoms with Crippen molar-refractivity contribution in [1.82, 2.24) is 5.32 Å². The molecule has 3 N–H and O–H groups in total. The standard InChI is InChI=1S/C14H26N2O/c1-13(2,12(15)17)16-11-6-9-14(10-11)7-4-3-5-8-14/h11,16H,3-10H2,1-2H3,(H2,15,17). The van der Waals surface area contributed by atoms with Gasteiger partial charge in [0, 0.05) is 6.04 Å². The van der Waals surface area contributed by atoms with Crippen molar-refractivity contribution in [3.8, 4) is 0 Å². The number of nitrogens with two attached hydrogens (primary N) is 1. The van der Waals surface area contributed by atoms with Crippen LogP contribution >= 0.6 is 0 Å². The molecular weight excluding hydrogens is 212 g/mol. The van der Waals surface area contributed by atoms with Gasteiger partial charge in [-0.2, -0.15) is 0 Å². The summed E-state index contributed by atoms with van der Waals surface area (Å²) < 4.78 is 0. The molecule has 2 aliphatic carbocycles. The van der Waals surface area contributed by atoms with Gasteiger partial charge in [0.05, 0.1) is 5.54 Å². The van der Waals surface area contributed by atoms with E-state index in [2.05, 4.69) is 5.32 Å². The molecule has 0 radical (unpaired) electrons. The van der Waals surface area contributed by atoms with Crippen LogP contribution in [0.25, 0.3) is 0 Å². The van der Waals surface area contributed by atoms with Crippen LogP contribution < -0.4 is 11.1 Å². The fraction of sp³-hybridized carbons (Fsp3) is 0.929.